The van der Waals surface area contributed by atoms with Crippen molar-refractivity contribution in [2.75, 3.05) is 13.7 Å². The highest BCUT2D eigenvalue weighted by molar-refractivity contribution is 6.19. The van der Waals surface area contributed by atoms with Gasteiger partial charge in [-0.1, -0.05) is 0 Å². The first kappa shape index (κ1) is 8.67. The van der Waals surface area contributed by atoms with E-state index in [1.807, 2.05) is 0 Å². The number of aliphatic hydroxyl groups excluding tert-OH is 1. The molecule has 12 heavy (non-hydrogen) atoms. The maximum Gasteiger partial charge on any atom is 0.220 e. The van der Waals surface area contributed by atoms with Gasteiger partial charge in [-0.2, -0.15) is 0 Å². The van der Waals surface area contributed by atoms with Crippen LogP contribution in [0.5, 0.6) is 0 Å². The number of rotatable bonds is 2. The first-order valence-electron chi connectivity index (χ1n) is 3.35. The van der Waals surface area contributed by atoms with Crippen LogP contribution in [0.25, 0.3) is 0 Å². The average molecular weight is 168 g/mol. The predicted molar refractivity (Wildman–Crippen MR) is 40.3 cm³/mol. The number of aliphatic hydroxyl groups is 1. The molecule has 1 aliphatic rings. The lowest BCUT2D eigenvalue weighted by atomic mass is 10.0. The van der Waals surface area contributed by atoms with Crippen molar-refractivity contribution in [1.82, 2.24) is 0 Å². The molecule has 0 heterocycles. The Morgan fingerprint density at radius 3 is 2.50 bits per heavy atom. The molecule has 0 fully saturated rings. The van der Waals surface area contributed by atoms with Gasteiger partial charge in [-0.15, -0.1) is 0 Å². The summed E-state index contributed by atoms with van der Waals surface area (Å²) in [6.07, 6.45) is 2.16. The van der Waals surface area contributed by atoms with Crippen molar-refractivity contribution in [1.29, 1.82) is 0 Å². The quantitative estimate of drug-likeness (QED) is 0.569. The summed E-state index contributed by atoms with van der Waals surface area (Å²) in [4.78, 5) is 22.0. The Kier molecular flexibility index (Phi) is 2.40. The van der Waals surface area contributed by atoms with Gasteiger partial charge in [0.1, 0.15) is 0 Å². The van der Waals surface area contributed by atoms with E-state index < -0.39 is 6.61 Å². The van der Waals surface area contributed by atoms with Gasteiger partial charge in [0.2, 0.25) is 5.78 Å². The van der Waals surface area contributed by atoms with E-state index in [1.54, 1.807) is 0 Å². The Hall–Kier alpha value is -1.42. The van der Waals surface area contributed by atoms with Crippen molar-refractivity contribution in [3.8, 4) is 0 Å². The molecule has 4 heteroatoms. The van der Waals surface area contributed by atoms with E-state index in [0.29, 0.717) is 0 Å². The van der Waals surface area contributed by atoms with E-state index in [0.717, 1.165) is 12.2 Å². The minimum absolute atomic E-state index is 0.0113. The maximum absolute atomic E-state index is 11.0. The van der Waals surface area contributed by atoms with E-state index in [-0.39, 0.29) is 22.9 Å². The minimum Gasteiger partial charge on any atom is -0.493 e. The first-order chi connectivity index (χ1) is 5.69. The third-order valence-corrected chi connectivity index (χ3v) is 1.52. The molecule has 0 aromatic carbocycles. The second kappa shape index (κ2) is 3.32. The van der Waals surface area contributed by atoms with Gasteiger partial charge >= 0.3 is 0 Å². The van der Waals surface area contributed by atoms with Crippen LogP contribution in [0, 0.1) is 0 Å². The molecule has 0 spiro atoms. The van der Waals surface area contributed by atoms with E-state index >= 15 is 0 Å². The van der Waals surface area contributed by atoms with Crippen LogP contribution in [-0.2, 0) is 14.3 Å². The Morgan fingerprint density at radius 1 is 1.33 bits per heavy atom. The molecule has 0 bridgehead atoms. The van der Waals surface area contributed by atoms with Crippen molar-refractivity contribution in [2.24, 2.45) is 0 Å². The first-order valence-corrected chi connectivity index (χ1v) is 3.35. The molecule has 1 rings (SSSR count). The molecule has 0 saturated heterocycles. The fourth-order valence-corrected chi connectivity index (χ4v) is 0.866. The number of carbonyl (C=O) groups is 2. The third kappa shape index (κ3) is 1.43. The van der Waals surface area contributed by atoms with Crippen molar-refractivity contribution < 1.29 is 19.4 Å². The summed E-state index contributed by atoms with van der Waals surface area (Å²) in [7, 11) is 1.31. The van der Waals surface area contributed by atoms with Crippen LogP contribution in [0.3, 0.4) is 0 Å². The van der Waals surface area contributed by atoms with Crippen LogP contribution in [-0.4, -0.2) is 30.4 Å². The molecule has 64 valence electrons. The maximum atomic E-state index is 11.0. The summed E-state index contributed by atoms with van der Waals surface area (Å²) >= 11 is 0. The zero-order valence-electron chi connectivity index (χ0n) is 6.53. The summed E-state index contributed by atoms with van der Waals surface area (Å²) in [5, 5.41) is 8.63. The predicted octanol–water partition coefficient (Wildman–Crippen LogP) is -0.413. The largest absolute Gasteiger partial charge is 0.493 e. The summed E-state index contributed by atoms with van der Waals surface area (Å²) in [6.45, 7) is -0.419. The van der Waals surface area contributed by atoms with Crippen LogP contribution in [0.15, 0.2) is 23.5 Å². The number of methoxy groups -OCH3 is 1. The van der Waals surface area contributed by atoms with Crippen molar-refractivity contribution in [2.45, 2.75) is 0 Å². The molecule has 0 saturated carbocycles. The van der Waals surface area contributed by atoms with Gasteiger partial charge in [0.15, 0.2) is 11.5 Å². The Bertz CT molecular complexity index is 255. The van der Waals surface area contributed by atoms with Crippen LogP contribution in [0.1, 0.15) is 0 Å². The molecule has 0 amide bonds. The molecular formula is C8H8O4. The molecule has 4 nitrogen and oxygen atoms in total. The van der Waals surface area contributed by atoms with Gasteiger partial charge in [0.25, 0.3) is 0 Å². The van der Waals surface area contributed by atoms with Crippen LogP contribution < -0.4 is 0 Å². The minimum atomic E-state index is -0.419. The third-order valence-electron chi connectivity index (χ3n) is 1.52. The number of carbonyl (C=O) groups excluding carboxylic acids is 2. The number of hydrogen-bond donors (Lipinski definition) is 1. The molecule has 0 aliphatic heterocycles. The SMILES string of the molecule is COC1=CC(=O)C(CO)=CC1=O. The average Bonchev–Trinajstić information content (AvgIpc) is 2.08. The zero-order chi connectivity index (χ0) is 9.14. The van der Waals surface area contributed by atoms with Gasteiger partial charge in [0, 0.05) is 11.6 Å². The second-order valence-electron chi connectivity index (χ2n) is 2.27. The topological polar surface area (TPSA) is 63.6 Å². The highest BCUT2D eigenvalue weighted by atomic mass is 16.5. The summed E-state index contributed by atoms with van der Waals surface area (Å²) in [5.41, 5.74) is 0.0980. The number of ketones is 2. The van der Waals surface area contributed by atoms with E-state index in [2.05, 4.69) is 4.74 Å². The molecule has 0 aromatic heterocycles. The summed E-state index contributed by atoms with van der Waals surface area (Å²) in [5.74, 6) is -0.757. The standard InChI is InChI=1S/C8H8O4/c1-12-8-3-6(10)5(4-9)2-7(8)11/h2-3,9H,4H2,1H3. The fourth-order valence-electron chi connectivity index (χ4n) is 0.866. The number of hydrogen-bond acceptors (Lipinski definition) is 4. The Balaban J connectivity index is 2.94. The fraction of sp³-hybridized carbons (Fsp3) is 0.250. The molecular weight excluding hydrogens is 160 g/mol. The smallest absolute Gasteiger partial charge is 0.220 e. The van der Waals surface area contributed by atoms with E-state index in [9.17, 15) is 9.59 Å². The normalized spacial score (nSPS) is 17.2. The van der Waals surface area contributed by atoms with Gasteiger partial charge in [-0.05, 0) is 6.08 Å². The number of allylic oxidation sites excluding steroid dienone is 2. The van der Waals surface area contributed by atoms with Crippen molar-refractivity contribution in [3.05, 3.63) is 23.5 Å². The van der Waals surface area contributed by atoms with E-state index in [4.69, 9.17) is 5.11 Å². The monoisotopic (exact) mass is 168 g/mol. The Labute approximate surface area is 69.1 Å². The summed E-state index contributed by atoms with van der Waals surface area (Å²) < 4.78 is 4.63. The lowest BCUT2D eigenvalue weighted by molar-refractivity contribution is -0.117. The molecule has 0 unspecified atom stereocenters. The van der Waals surface area contributed by atoms with E-state index in [1.165, 1.54) is 7.11 Å². The number of ether oxygens (including phenoxy) is 1. The van der Waals surface area contributed by atoms with Gasteiger partial charge in [-0.25, -0.2) is 0 Å². The molecule has 1 N–H and O–H groups in total. The molecule has 0 aromatic rings. The highest BCUT2D eigenvalue weighted by Gasteiger charge is 2.19. The summed E-state index contributed by atoms with van der Waals surface area (Å²) in [6, 6.07) is 0. The Morgan fingerprint density at radius 2 is 2.00 bits per heavy atom. The lowest BCUT2D eigenvalue weighted by Crippen LogP contribution is -2.16. The van der Waals surface area contributed by atoms with Crippen molar-refractivity contribution in [3.63, 3.8) is 0 Å². The highest BCUT2D eigenvalue weighted by Crippen LogP contribution is 2.11. The van der Waals surface area contributed by atoms with Gasteiger partial charge in [-0.3, -0.25) is 9.59 Å². The molecule has 1 aliphatic carbocycles. The second-order valence-corrected chi connectivity index (χ2v) is 2.27. The van der Waals surface area contributed by atoms with Crippen LogP contribution in [0.2, 0.25) is 0 Å². The van der Waals surface area contributed by atoms with Gasteiger partial charge in [0.05, 0.1) is 13.7 Å². The lowest BCUT2D eigenvalue weighted by Gasteiger charge is -2.08. The van der Waals surface area contributed by atoms with Crippen LogP contribution >= 0.6 is 0 Å². The molecule has 0 atom stereocenters. The van der Waals surface area contributed by atoms with Crippen LogP contribution in [0.4, 0.5) is 0 Å². The van der Waals surface area contributed by atoms with Crippen molar-refractivity contribution >= 4 is 11.6 Å². The zero-order valence-corrected chi connectivity index (χ0v) is 6.53. The molecule has 0 radical (unpaired) electrons. The van der Waals surface area contributed by atoms with Gasteiger partial charge < -0.3 is 9.84 Å².